The van der Waals surface area contributed by atoms with Crippen LogP contribution in [0.2, 0.25) is 0 Å². The minimum atomic E-state index is 0.566. The molecular weight excluding hydrogens is 686 g/mol. The summed E-state index contributed by atoms with van der Waals surface area (Å²) in [4.78, 5) is 4.50. The summed E-state index contributed by atoms with van der Waals surface area (Å²) >= 11 is 18.8. The van der Waals surface area contributed by atoms with Gasteiger partial charge in [0, 0.05) is 0 Å². The Morgan fingerprint density at radius 2 is 1.05 bits per heavy atom. The summed E-state index contributed by atoms with van der Waals surface area (Å²) < 4.78 is 8.07. The van der Waals surface area contributed by atoms with Crippen LogP contribution in [0.25, 0.3) is 19.3 Å². The molecule has 0 aliphatic rings. The molecule has 0 nitrogen and oxygen atoms in total. The van der Waals surface area contributed by atoms with Crippen LogP contribution in [0.4, 0.5) is 0 Å². The number of hydrogen-bond acceptors (Lipinski definition) is 2. The Morgan fingerprint density at radius 3 is 1.40 bits per heavy atom. The minimum absolute atomic E-state index is 0.566. The van der Waals surface area contributed by atoms with E-state index in [1.54, 1.807) is 22.7 Å². The van der Waals surface area contributed by atoms with Gasteiger partial charge in [0.25, 0.3) is 0 Å². The molecule has 0 N–H and O–H groups in total. The summed E-state index contributed by atoms with van der Waals surface area (Å²) in [6.07, 6.45) is 0. The van der Waals surface area contributed by atoms with Crippen molar-refractivity contribution in [2.24, 2.45) is 0 Å². The molecule has 4 aromatic heterocycles. The molecule has 0 unspecified atom stereocenters. The monoisotopic (exact) mass is 687 g/mol. The van der Waals surface area contributed by atoms with Gasteiger partial charge in [-0.3, -0.25) is 0 Å². The van der Waals surface area contributed by atoms with Crippen LogP contribution in [0.5, 0.6) is 0 Å². The predicted molar refractivity (Wildman–Crippen MR) is 108 cm³/mol. The van der Waals surface area contributed by atoms with Crippen molar-refractivity contribution in [2.75, 3.05) is 0 Å². The van der Waals surface area contributed by atoms with E-state index in [0.717, 1.165) is 0 Å². The van der Waals surface area contributed by atoms with Crippen molar-refractivity contribution in [1.29, 1.82) is 0 Å². The molecule has 4 aromatic rings. The van der Waals surface area contributed by atoms with Gasteiger partial charge in [-0.05, 0) is 0 Å². The fraction of sp³-hybridized carbons (Fsp3) is 0. The van der Waals surface area contributed by atoms with Crippen LogP contribution in [0, 0.1) is 0 Å². The van der Waals surface area contributed by atoms with E-state index in [2.05, 4.69) is 85.7 Å². The molecule has 0 aromatic carbocycles. The molecule has 104 valence electrons. The number of rotatable bonds is 0. The van der Waals surface area contributed by atoms with Crippen molar-refractivity contribution in [1.82, 2.24) is 0 Å². The summed E-state index contributed by atoms with van der Waals surface area (Å²) in [5.41, 5.74) is 0. The number of halogens is 4. The average Bonchev–Trinajstić information content (AvgIpc) is 3.13. The zero-order valence-electron chi connectivity index (χ0n) is 9.45. The second-order valence-electron chi connectivity index (χ2n) is 3.63. The molecular formula is C12H4Br4S2Se2. The van der Waals surface area contributed by atoms with Gasteiger partial charge >= 0.3 is 172 Å². The Hall–Kier alpha value is 1.84. The Bertz CT molecular complexity index is 735. The second kappa shape index (κ2) is 7.16. The molecule has 4 heterocycles. The van der Waals surface area contributed by atoms with Gasteiger partial charge in [0.1, 0.15) is 0 Å². The molecule has 8 heteroatoms. The Kier molecular flexibility index (Phi) is 5.98. The number of thiophene rings is 2. The van der Waals surface area contributed by atoms with Gasteiger partial charge in [0.2, 0.25) is 0 Å². The van der Waals surface area contributed by atoms with Crippen molar-refractivity contribution >= 4 is 135 Å². The third-order valence-corrected chi connectivity index (χ3v) is 13.3. The van der Waals surface area contributed by atoms with Crippen LogP contribution in [0.15, 0.2) is 37.2 Å². The quantitative estimate of drug-likeness (QED) is 0.175. The average molecular weight is 690 g/mol. The third kappa shape index (κ3) is 3.35. The van der Waals surface area contributed by atoms with Gasteiger partial charge in [-0.15, -0.1) is 0 Å². The van der Waals surface area contributed by atoms with Gasteiger partial charge in [0.05, 0.1) is 0 Å². The summed E-state index contributed by atoms with van der Waals surface area (Å²) in [5.74, 6) is 0. The van der Waals surface area contributed by atoms with E-state index in [1.165, 1.54) is 34.4 Å². The first kappa shape index (κ1) is 16.7. The maximum absolute atomic E-state index is 3.53. The van der Waals surface area contributed by atoms with Gasteiger partial charge in [-0.1, -0.05) is 0 Å². The Morgan fingerprint density at radius 1 is 0.650 bits per heavy atom. The number of hydrogen-bond donors (Lipinski definition) is 0. The summed E-state index contributed by atoms with van der Waals surface area (Å²) in [7, 11) is 0. The fourth-order valence-corrected chi connectivity index (χ4v) is 13.1. The van der Waals surface area contributed by atoms with E-state index < -0.39 is 0 Å². The Balaban J connectivity index is 0.000000121. The normalized spacial score (nSPS) is 11.0. The van der Waals surface area contributed by atoms with Crippen LogP contribution in [0.3, 0.4) is 0 Å². The first-order chi connectivity index (χ1) is 9.58. The molecule has 0 spiro atoms. The summed E-state index contributed by atoms with van der Waals surface area (Å²) in [5, 5.41) is 2.77. The molecule has 0 saturated heterocycles. The predicted octanol–water partition coefficient (Wildman–Crippen LogP) is 6.97. The van der Waals surface area contributed by atoms with Crippen LogP contribution >= 0.6 is 86.4 Å². The molecule has 4 rings (SSSR count). The van der Waals surface area contributed by atoms with Crippen LogP contribution < -0.4 is 0 Å². The Labute approximate surface area is 169 Å². The molecule has 0 fully saturated rings. The van der Waals surface area contributed by atoms with Crippen molar-refractivity contribution < 1.29 is 0 Å². The third-order valence-electron chi connectivity index (χ3n) is 2.47. The van der Waals surface area contributed by atoms with Crippen LogP contribution in [-0.4, -0.2) is 29.0 Å². The first-order valence-electron chi connectivity index (χ1n) is 5.20. The van der Waals surface area contributed by atoms with Gasteiger partial charge < -0.3 is 0 Å². The van der Waals surface area contributed by atoms with Crippen molar-refractivity contribution in [2.45, 2.75) is 0 Å². The van der Waals surface area contributed by atoms with E-state index in [0.29, 0.717) is 29.0 Å². The molecule has 0 atom stereocenters. The topological polar surface area (TPSA) is 0 Å². The van der Waals surface area contributed by atoms with Crippen molar-refractivity contribution in [3.63, 3.8) is 0 Å². The van der Waals surface area contributed by atoms with Crippen LogP contribution in [-0.2, 0) is 0 Å². The van der Waals surface area contributed by atoms with Gasteiger partial charge in [0.15, 0.2) is 0 Å². The molecule has 0 aliphatic carbocycles. The molecule has 0 saturated carbocycles. The zero-order valence-corrected chi connectivity index (χ0v) is 20.9. The van der Waals surface area contributed by atoms with E-state index in [1.807, 2.05) is 0 Å². The molecule has 0 aliphatic heterocycles. The molecule has 0 radical (unpaired) electrons. The molecule has 20 heavy (non-hydrogen) atoms. The van der Waals surface area contributed by atoms with Gasteiger partial charge in [-0.25, -0.2) is 0 Å². The van der Waals surface area contributed by atoms with Crippen molar-refractivity contribution in [3.8, 4) is 0 Å². The standard InChI is InChI=1S/2C6H2Br2SSe/c2*7-5-3-1-2-10-4(3)6(8)9-5/h2*1-2H. The second-order valence-corrected chi connectivity index (χ2v) is 14.8. The van der Waals surface area contributed by atoms with E-state index in [9.17, 15) is 0 Å². The summed E-state index contributed by atoms with van der Waals surface area (Å²) in [6.45, 7) is 0. The van der Waals surface area contributed by atoms with Crippen LogP contribution in [0.1, 0.15) is 0 Å². The van der Waals surface area contributed by atoms with Crippen molar-refractivity contribution in [3.05, 3.63) is 37.2 Å². The van der Waals surface area contributed by atoms with E-state index in [4.69, 9.17) is 0 Å². The first-order valence-corrected chi connectivity index (χ1v) is 13.7. The molecule has 0 bridgehead atoms. The number of fused-ring (bicyclic) bond motifs is 2. The van der Waals surface area contributed by atoms with Gasteiger partial charge in [-0.2, -0.15) is 0 Å². The SMILES string of the molecule is Brc1sc(Br)c2[se]ccc12.Brc1sc(Br)c2[se]ccc12. The maximum atomic E-state index is 3.53. The summed E-state index contributed by atoms with van der Waals surface area (Å²) in [6, 6.07) is 4.39. The fourth-order valence-electron chi connectivity index (χ4n) is 1.59. The zero-order chi connectivity index (χ0) is 14.3. The van der Waals surface area contributed by atoms with E-state index >= 15 is 0 Å². The molecule has 0 amide bonds. The van der Waals surface area contributed by atoms with E-state index in [-0.39, 0.29) is 0 Å².